The van der Waals surface area contributed by atoms with Gasteiger partial charge in [-0.05, 0) is 31.5 Å². The Labute approximate surface area is 181 Å². The molecule has 0 fully saturated rings. The van der Waals surface area contributed by atoms with E-state index in [1.807, 2.05) is 0 Å². The fraction of sp³-hybridized carbons (Fsp3) is 0.526. The van der Waals surface area contributed by atoms with Gasteiger partial charge in [0.25, 0.3) is 5.91 Å². The molecule has 11 heteroatoms. The van der Waals surface area contributed by atoms with Crippen LogP contribution in [0.2, 0.25) is 5.02 Å². The third kappa shape index (κ3) is 7.58. The van der Waals surface area contributed by atoms with Crippen LogP contribution in [0, 0.1) is 0 Å². The maximum Gasteiger partial charge on any atom is 0.338 e. The molecule has 0 aliphatic carbocycles. The SMILES string of the molecule is CCOC(=O)CCCNC(=O)COC(=O)c1ccc(Cl)c(S(=O)(=O)N(CC)CC)c1. The number of carbonyl (C=O) groups excluding carboxylic acids is 3. The predicted molar refractivity (Wildman–Crippen MR) is 111 cm³/mol. The summed E-state index contributed by atoms with van der Waals surface area (Å²) in [6, 6.07) is 3.75. The molecule has 0 spiro atoms. The molecule has 0 aliphatic heterocycles. The Morgan fingerprint density at radius 3 is 2.37 bits per heavy atom. The Kier molecular flexibility index (Phi) is 10.8. The third-order valence-electron chi connectivity index (χ3n) is 4.01. The highest BCUT2D eigenvalue weighted by Crippen LogP contribution is 2.26. The first-order valence-corrected chi connectivity index (χ1v) is 11.4. The minimum Gasteiger partial charge on any atom is -0.466 e. The summed E-state index contributed by atoms with van der Waals surface area (Å²) in [5.41, 5.74) is -0.0414. The molecule has 1 aromatic carbocycles. The highest BCUT2D eigenvalue weighted by Gasteiger charge is 2.26. The highest BCUT2D eigenvalue weighted by molar-refractivity contribution is 7.89. The average molecular weight is 463 g/mol. The number of rotatable bonds is 12. The molecule has 0 radical (unpaired) electrons. The number of benzene rings is 1. The van der Waals surface area contributed by atoms with E-state index >= 15 is 0 Å². The Hall–Kier alpha value is -2.17. The number of esters is 2. The van der Waals surface area contributed by atoms with Crippen LogP contribution < -0.4 is 5.32 Å². The van der Waals surface area contributed by atoms with Crippen molar-refractivity contribution in [2.24, 2.45) is 0 Å². The molecule has 0 atom stereocenters. The number of carbonyl (C=O) groups is 3. The number of nitrogens with one attached hydrogen (secondary N) is 1. The molecular weight excluding hydrogens is 436 g/mol. The Morgan fingerprint density at radius 2 is 1.77 bits per heavy atom. The number of amides is 1. The zero-order valence-corrected chi connectivity index (χ0v) is 18.8. The summed E-state index contributed by atoms with van der Waals surface area (Å²) in [4.78, 5) is 35.0. The molecular formula is C19H27ClN2O7S. The van der Waals surface area contributed by atoms with E-state index in [1.54, 1.807) is 20.8 Å². The molecule has 9 nitrogen and oxygen atoms in total. The van der Waals surface area contributed by atoms with E-state index in [1.165, 1.54) is 16.4 Å². The first kappa shape index (κ1) is 25.9. The molecule has 168 valence electrons. The second-order valence-electron chi connectivity index (χ2n) is 6.07. The van der Waals surface area contributed by atoms with E-state index in [9.17, 15) is 22.8 Å². The van der Waals surface area contributed by atoms with Gasteiger partial charge in [0.05, 0.1) is 17.2 Å². The van der Waals surface area contributed by atoms with Crippen LogP contribution in [-0.4, -0.2) is 63.4 Å². The minimum absolute atomic E-state index is 0.0159. The molecule has 0 saturated heterocycles. The second kappa shape index (κ2) is 12.5. The van der Waals surface area contributed by atoms with E-state index in [-0.39, 0.29) is 47.5 Å². The van der Waals surface area contributed by atoms with Gasteiger partial charge < -0.3 is 14.8 Å². The van der Waals surface area contributed by atoms with Gasteiger partial charge >= 0.3 is 11.9 Å². The molecule has 1 N–H and O–H groups in total. The van der Waals surface area contributed by atoms with Crippen LogP contribution in [0.5, 0.6) is 0 Å². The van der Waals surface area contributed by atoms with Crippen LogP contribution in [0.4, 0.5) is 0 Å². The number of halogens is 1. The van der Waals surface area contributed by atoms with Gasteiger partial charge in [0, 0.05) is 26.1 Å². The summed E-state index contributed by atoms with van der Waals surface area (Å²) >= 11 is 6.03. The van der Waals surface area contributed by atoms with Gasteiger partial charge in [0.1, 0.15) is 4.90 Å². The third-order valence-corrected chi connectivity index (χ3v) is 6.54. The zero-order chi connectivity index (χ0) is 22.7. The Morgan fingerprint density at radius 1 is 1.10 bits per heavy atom. The van der Waals surface area contributed by atoms with Crippen molar-refractivity contribution in [1.82, 2.24) is 9.62 Å². The van der Waals surface area contributed by atoms with Gasteiger partial charge in [0.15, 0.2) is 6.61 Å². The molecule has 1 amide bonds. The van der Waals surface area contributed by atoms with Gasteiger partial charge in [0.2, 0.25) is 10.0 Å². The van der Waals surface area contributed by atoms with E-state index in [0.29, 0.717) is 13.0 Å². The molecule has 1 rings (SSSR count). The number of sulfonamides is 1. The van der Waals surface area contributed by atoms with E-state index in [0.717, 1.165) is 6.07 Å². The van der Waals surface area contributed by atoms with Gasteiger partial charge in [-0.1, -0.05) is 25.4 Å². The summed E-state index contributed by atoms with van der Waals surface area (Å²) in [5, 5.41) is 2.50. The summed E-state index contributed by atoms with van der Waals surface area (Å²) in [5.74, 6) is -1.75. The van der Waals surface area contributed by atoms with Crippen LogP contribution >= 0.6 is 11.6 Å². The average Bonchev–Trinajstić information content (AvgIpc) is 2.70. The first-order chi connectivity index (χ1) is 14.2. The quantitative estimate of drug-likeness (QED) is 0.372. The number of nitrogens with zero attached hydrogens (tertiary/aromatic N) is 1. The monoisotopic (exact) mass is 462 g/mol. The first-order valence-electron chi connectivity index (χ1n) is 9.56. The van der Waals surface area contributed by atoms with Crippen LogP contribution in [0.3, 0.4) is 0 Å². The predicted octanol–water partition coefficient (Wildman–Crippen LogP) is 1.99. The largest absolute Gasteiger partial charge is 0.466 e. The molecule has 0 aliphatic rings. The van der Waals surface area contributed by atoms with Crippen molar-refractivity contribution < 1.29 is 32.3 Å². The zero-order valence-electron chi connectivity index (χ0n) is 17.3. The highest BCUT2D eigenvalue weighted by atomic mass is 35.5. The lowest BCUT2D eigenvalue weighted by atomic mass is 10.2. The lowest BCUT2D eigenvalue weighted by Crippen LogP contribution is -2.31. The van der Waals surface area contributed by atoms with Crippen molar-refractivity contribution in [2.75, 3.05) is 32.8 Å². The summed E-state index contributed by atoms with van der Waals surface area (Å²) in [6.45, 7) is 5.57. The van der Waals surface area contributed by atoms with Crippen molar-refractivity contribution in [2.45, 2.75) is 38.5 Å². The van der Waals surface area contributed by atoms with E-state index < -0.39 is 28.5 Å². The fourth-order valence-electron chi connectivity index (χ4n) is 2.49. The van der Waals surface area contributed by atoms with Gasteiger partial charge in [-0.15, -0.1) is 0 Å². The molecule has 0 unspecified atom stereocenters. The fourth-order valence-corrected chi connectivity index (χ4v) is 4.45. The van der Waals surface area contributed by atoms with Gasteiger partial charge in [-0.3, -0.25) is 9.59 Å². The molecule has 30 heavy (non-hydrogen) atoms. The lowest BCUT2D eigenvalue weighted by molar-refractivity contribution is -0.143. The van der Waals surface area contributed by atoms with E-state index in [2.05, 4.69) is 5.32 Å². The van der Waals surface area contributed by atoms with Crippen LogP contribution in [0.15, 0.2) is 23.1 Å². The van der Waals surface area contributed by atoms with Crippen molar-refractivity contribution in [3.8, 4) is 0 Å². The number of hydrogen-bond donors (Lipinski definition) is 1. The van der Waals surface area contributed by atoms with Crippen molar-refractivity contribution in [1.29, 1.82) is 0 Å². The van der Waals surface area contributed by atoms with Crippen molar-refractivity contribution >= 4 is 39.5 Å². The lowest BCUT2D eigenvalue weighted by Gasteiger charge is -2.19. The van der Waals surface area contributed by atoms with E-state index in [4.69, 9.17) is 21.1 Å². The Balaban J connectivity index is 2.66. The van der Waals surface area contributed by atoms with Crippen molar-refractivity contribution in [3.63, 3.8) is 0 Å². The maximum absolute atomic E-state index is 12.7. The summed E-state index contributed by atoms with van der Waals surface area (Å²) < 4.78 is 36.3. The molecule has 0 aromatic heterocycles. The van der Waals surface area contributed by atoms with Crippen molar-refractivity contribution in [3.05, 3.63) is 28.8 Å². The number of ether oxygens (including phenoxy) is 2. The molecule has 0 bridgehead atoms. The summed E-state index contributed by atoms with van der Waals surface area (Å²) in [6.07, 6.45) is 0.560. The molecule has 0 saturated carbocycles. The minimum atomic E-state index is -3.87. The van der Waals surface area contributed by atoms with Gasteiger partial charge in [-0.25, -0.2) is 13.2 Å². The van der Waals surface area contributed by atoms with Gasteiger partial charge in [-0.2, -0.15) is 4.31 Å². The summed E-state index contributed by atoms with van der Waals surface area (Å²) in [7, 11) is -3.87. The normalized spacial score (nSPS) is 11.2. The van der Waals surface area contributed by atoms with Crippen LogP contribution in [0.25, 0.3) is 0 Å². The standard InChI is InChI=1S/C19H27ClN2O7S/c1-4-22(5-2)30(26,27)16-12-14(9-10-15(16)20)19(25)29-13-17(23)21-11-7-8-18(24)28-6-3/h9-10,12H,4-8,11,13H2,1-3H3,(H,21,23). The molecule has 1 aromatic rings. The topological polar surface area (TPSA) is 119 Å². The second-order valence-corrected chi connectivity index (χ2v) is 8.38. The molecule has 0 heterocycles. The smallest absolute Gasteiger partial charge is 0.338 e. The Bertz CT molecular complexity index is 854. The van der Waals surface area contributed by atoms with Crippen LogP contribution in [0.1, 0.15) is 44.0 Å². The number of hydrogen-bond acceptors (Lipinski definition) is 7. The maximum atomic E-state index is 12.7. The van der Waals surface area contributed by atoms with Crippen LogP contribution in [-0.2, 0) is 29.1 Å².